The fraction of sp³-hybridized carbons (Fsp3) is 0.727. The first-order valence-electron chi connectivity index (χ1n) is 5.64. The summed E-state index contributed by atoms with van der Waals surface area (Å²) >= 11 is 0. The molecule has 0 amide bonds. The Morgan fingerprint density at radius 1 is 1.47 bits per heavy atom. The van der Waals surface area contributed by atoms with Crippen molar-refractivity contribution in [3.63, 3.8) is 0 Å². The quantitative estimate of drug-likeness (QED) is 0.784. The summed E-state index contributed by atoms with van der Waals surface area (Å²) < 4.78 is 27.7. The van der Waals surface area contributed by atoms with Gasteiger partial charge in [-0.2, -0.15) is 0 Å². The third-order valence-corrected chi connectivity index (χ3v) is 4.83. The standard InChI is InChI=1S/C11H20N2O3S/c1-5-6-12-8-10-13-7-9(16-10)11(2,3)17(4,14)15/h7,12H,5-6,8H2,1-4H3. The van der Waals surface area contributed by atoms with Crippen LogP contribution >= 0.6 is 0 Å². The smallest absolute Gasteiger partial charge is 0.208 e. The molecule has 1 N–H and O–H groups in total. The van der Waals surface area contributed by atoms with E-state index in [0.717, 1.165) is 13.0 Å². The molecule has 0 radical (unpaired) electrons. The van der Waals surface area contributed by atoms with Gasteiger partial charge in [-0.3, -0.25) is 0 Å². The van der Waals surface area contributed by atoms with Gasteiger partial charge >= 0.3 is 0 Å². The molecule has 0 aliphatic rings. The van der Waals surface area contributed by atoms with Crippen molar-refractivity contribution < 1.29 is 12.8 Å². The highest BCUT2D eigenvalue weighted by Gasteiger charge is 2.36. The Morgan fingerprint density at radius 2 is 2.12 bits per heavy atom. The summed E-state index contributed by atoms with van der Waals surface area (Å²) in [5, 5.41) is 3.15. The highest BCUT2D eigenvalue weighted by atomic mass is 32.2. The molecule has 1 rings (SSSR count). The molecule has 0 fully saturated rings. The third kappa shape index (κ3) is 3.29. The SMILES string of the molecule is CCCNCc1ncc(C(C)(C)S(C)(=O)=O)o1. The fourth-order valence-corrected chi connectivity index (χ4v) is 1.68. The van der Waals surface area contributed by atoms with Crippen LogP contribution in [0.25, 0.3) is 0 Å². The maximum atomic E-state index is 11.6. The van der Waals surface area contributed by atoms with Gasteiger partial charge in [-0.05, 0) is 26.8 Å². The summed E-state index contributed by atoms with van der Waals surface area (Å²) in [6, 6.07) is 0. The molecule has 1 aromatic heterocycles. The summed E-state index contributed by atoms with van der Waals surface area (Å²) in [4.78, 5) is 4.07. The predicted octanol–water partition coefficient (Wildman–Crippen LogP) is 1.45. The van der Waals surface area contributed by atoms with Crippen LogP contribution in [0, 0.1) is 0 Å². The largest absolute Gasteiger partial charge is 0.443 e. The normalized spacial score (nSPS) is 12.9. The number of hydrogen-bond acceptors (Lipinski definition) is 5. The van der Waals surface area contributed by atoms with E-state index in [4.69, 9.17) is 4.42 Å². The predicted molar refractivity (Wildman–Crippen MR) is 66.4 cm³/mol. The van der Waals surface area contributed by atoms with E-state index in [1.165, 1.54) is 12.5 Å². The van der Waals surface area contributed by atoms with Gasteiger partial charge in [-0.15, -0.1) is 0 Å². The number of nitrogens with one attached hydrogen (secondary N) is 1. The molecule has 0 bridgehead atoms. The lowest BCUT2D eigenvalue weighted by molar-refractivity contribution is 0.403. The van der Waals surface area contributed by atoms with Crippen LogP contribution in [0.3, 0.4) is 0 Å². The first kappa shape index (κ1) is 14.2. The Balaban J connectivity index is 2.81. The summed E-state index contributed by atoms with van der Waals surface area (Å²) in [6.45, 7) is 6.71. The maximum Gasteiger partial charge on any atom is 0.208 e. The zero-order chi connectivity index (χ0) is 13.1. The molecule has 6 heteroatoms. The third-order valence-electron chi connectivity index (χ3n) is 2.78. The maximum absolute atomic E-state index is 11.6. The highest BCUT2D eigenvalue weighted by Crippen LogP contribution is 2.29. The van der Waals surface area contributed by atoms with Gasteiger partial charge in [0.05, 0.1) is 12.7 Å². The van der Waals surface area contributed by atoms with Gasteiger partial charge in [-0.1, -0.05) is 6.92 Å². The molecule has 1 heterocycles. The van der Waals surface area contributed by atoms with Gasteiger partial charge in [0.25, 0.3) is 0 Å². The number of nitrogens with zero attached hydrogens (tertiary/aromatic N) is 1. The molecule has 0 spiro atoms. The van der Waals surface area contributed by atoms with E-state index in [1.807, 2.05) is 0 Å². The van der Waals surface area contributed by atoms with Gasteiger partial charge in [0.1, 0.15) is 10.5 Å². The van der Waals surface area contributed by atoms with Crippen molar-refractivity contribution in [1.29, 1.82) is 0 Å². The molecule has 0 aliphatic heterocycles. The molecule has 0 unspecified atom stereocenters. The van der Waals surface area contributed by atoms with Crippen molar-refractivity contribution in [3.8, 4) is 0 Å². The molecule has 98 valence electrons. The lowest BCUT2D eigenvalue weighted by atomic mass is 10.2. The molecule has 17 heavy (non-hydrogen) atoms. The van der Waals surface area contributed by atoms with Crippen molar-refractivity contribution in [3.05, 3.63) is 17.8 Å². The van der Waals surface area contributed by atoms with Gasteiger partial charge in [-0.25, -0.2) is 13.4 Å². The van der Waals surface area contributed by atoms with Crippen LogP contribution in [0.2, 0.25) is 0 Å². The second-order valence-electron chi connectivity index (χ2n) is 4.58. The average molecular weight is 260 g/mol. The van der Waals surface area contributed by atoms with Crippen LogP contribution in [-0.2, 0) is 21.1 Å². The van der Waals surface area contributed by atoms with Crippen LogP contribution in [0.4, 0.5) is 0 Å². The summed E-state index contributed by atoms with van der Waals surface area (Å²) in [5.74, 6) is 0.901. The summed E-state index contributed by atoms with van der Waals surface area (Å²) in [7, 11) is -3.22. The van der Waals surface area contributed by atoms with Gasteiger partial charge in [0.2, 0.25) is 5.89 Å². The molecule has 5 nitrogen and oxygen atoms in total. The zero-order valence-electron chi connectivity index (χ0n) is 10.8. The minimum atomic E-state index is -3.22. The molecule has 0 aliphatic carbocycles. The molecule has 0 saturated heterocycles. The van der Waals surface area contributed by atoms with Crippen molar-refractivity contribution in [1.82, 2.24) is 10.3 Å². The fourth-order valence-electron chi connectivity index (χ4n) is 1.23. The van der Waals surface area contributed by atoms with Gasteiger partial charge in [0.15, 0.2) is 9.84 Å². The second-order valence-corrected chi connectivity index (χ2v) is 7.14. The number of sulfone groups is 1. The molecule has 0 atom stereocenters. The van der Waals surface area contributed by atoms with E-state index in [2.05, 4.69) is 17.2 Å². The number of hydrogen-bond donors (Lipinski definition) is 1. The molecular weight excluding hydrogens is 240 g/mol. The average Bonchev–Trinajstić information content (AvgIpc) is 2.65. The Kier molecular flexibility index (Phi) is 4.32. The van der Waals surface area contributed by atoms with Crippen molar-refractivity contribution in [2.45, 2.75) is 38.5 Å². The van der Waals surface area contributed by atoms with Crippen molar-refractivity contribution in [2.24, 2.45) is 0 Å². The molecule has 1 aromatic rings. The van der Waals surface area contributed by atoms with E-state index in [-0.39, 0.29) is 0 Å². The zero-order valence-corrected chi connectivity index (χ0v) is 11.6. The van der Waals surface area contributed by atoms with E-state index >= 15 is 0 Å². The summed E-state index contributed by atoms with van der Waals surface area (Å²) in [6.07, 6.45) is 3.72. The van der Waals surface area contributed by atoms with Crippen molar-refractivity contribution >= 4 is 9.84 Å². The van der Waals surface area contributed by atoms with Crippen LogP contribution in [0.15, 0.2) is 10.6 Å². The first-order chi connectivity index (χ1) is 7.79. The van der Waals surface area contributed by atoms with E-state index in [9.17, 15) is 8.42 Å². The Bertz CT molecular complexity index is 463. The van der Waals surface area contributed by atoms with Crippen LogP contribution in [0.1, 0.15) is 38.8 Å². The molecule has 0 saturated carbocycles. The number of rotatable bonds is 6. The van der Waals surface area contributed by atoms with Crippen LogP contribution in [0.5, 0.6) is 0 Å². The minimum absolute atomic E-state index is 0.383. The van der Waals surface area contributed by atoms with Gasteiger partial charge in [0, 0.05) is 6.26 Å². The minimum Gasteiger partial charge on any atom is -0.443 e. The Morgan fingerprint density at radius 3 is 2.65 bits per heavy atom. The van der Waals surface area contributed by atoms with E-state index < -0.39 is 14.6 Å². The van der Waals surface area contributed by atoms with Gasteiger partial charge < -0.3 is 9.73 Å². The Hall–Kier alpha value is -0.880. The molecular formula is C11H20N2O3S. The molecule has 0 aromatic carbocycles. The van der Waals surface area contributed by atoms with E-state index in [0.29, 0.717) is 18.2 Å². The van der Waals surface area contributed by atoms with Crippen LogP contribution < -0.4 is 5.32 Å². The first-order valence-corrected chi connectivity index (χ1v) is 7.53. The number of aromatic nitrogens is 1. The lowest BCUT2D eigenvalue weighted by Crippen LogP contribution is -2.27. The van der Waals surface area contributed by atoms with E-state index in [1.54, 1.807) is 13.8 Å². The highest BCUT2D eigenvalue weighted by molar-refractivity contribution is 7.91. The Labute approximate surface area is 103 Å². The summed E-state index contributed by atoms with van der Waals surface area (Å²) in [5.41, 5.74) is 0. The van der Waals surface area contributed by atoms with Crippen LogP contribution in [-0.4, -0.2) is 26.2 Å². The number of oxazole rings is 1. The monoisotopic (exact) mass is 260 g/mol. The lowest BCUT2D eigenvalue weighted by Gasteiger charge is -2.18. The topological polar surface area (TPSA) is 72.2 Å². The van der Waals surface area contributed by atoms with Crippen molar-refractivity contribution in [2.75, 3.05) is 12.8 Å². The second kappa shape index (κ2) is 5.18.